The third-order valence-electron chi connectivity index (χ3n) is 3.90. The first-order valence-electron chi connectivity index (χ1n) is 8.83. The first-order chi connectivity index (χ1) is 12.5. The van der Waals surface area contributed by atoms with Crippen LogP contribution in [-0.4, -0.2) is 26.2 Å². The van der Waals surface area contributed by atoms with E-state index in [1.54, 1.807) is 13.2 Å². The number of carbonyl (C=O) groups excluding carboxylic acids is 1. The fourth-order valence-electron chi connectivity index (χ4n) is 2.60. The van der Waals surface area contributed by atoms with Crippen LogP contribution in [0, 0.1) is 6.92 Å². The Bertz CT molecular complexity index is 730. The van der Waals surface area contributed by atoms with Crippen molar-refractivity contribution in [1.29, 1.82) is 0 Å². The zero-order chi connectivity index (χ0) is 18.9. The Morgan fingerprint density at radius 3 is 2.42 bits per heavy atom. The highest BCUT2D eigenvalue weighted by molar-refractivity contribution is 5.78. The van der Waals surface area contributed by atoms with Crippen molar-refractivity contribution in [2.45, 2.75) is 33.2 Å². The van der Waals surface area contributed by atoms with Gasteiger partial charge in [-0.25, -0.2) is 0 Å². The van der Waals surface area contributed by atoms with Crippen molar-refractivity contribution >= 4 is 5.91 Å². The topological polar surface area (TPSA) is 56.8 Å². The second-order valence-electron chi connectivity index (χ2n) is 6.12. The SMILES string of the molecule is CCCOc1ccccc1OCC(=O)NC(C)c1cc(C)ccc1OC. The number of benzene rings is 2. The number of hydrogen-bond acceptors (Lipinski definition) is 4. The number of carbonyl (C=O) groups is 1. The highest BCUT2D eigenvalue weighted by Crippen LogP contribution is 2.27. The fourth-order valence-corrected chi connectivity index (χ4v) is 2.60. The first-order valence-corrected chi connectivity index (χ1v) is 8.83. The molecule has 0 saturated carbocycles. The molecule has 0 radical (unpaired) electrons. The highest BCUT2D eigenvalue weighted by Gasteiger charge is 2.15. The summed E-state index contributed by atoms with van der Waals surface area (Å²) in [4.78, 5) is 12.3. The lowest BCUT2D eigenvalue weighted by atomic mass is 10.0. The first kappa shape index (κ1) is 19.6. The predicted molar refractivity (Wildman–Crippen MR) is 102 cm³/mol. The lowest BCUT2D eigenvalue weighted by Crippen LogP contribution is -2.31. The van der Waals surface area contributed by atoms with Gasteiger partial charge in [-0.05, 0) is 38.5 Å². The van der Waals surface area contributed by atoms with E-state index in [1.165, 1.54) is 0 Å². The van der Waals surface area contributed by atoms with Crippen LogP contribution >= 0.6 is 0 Å². The zero-order valence-electron chi connectivity index (χ0n) is 15.9. The molecule has 5 heteroatoms. The molecular formula is C21H27NO4. The van der Waals surface area contributed by atoms with Crippen molar-refractivity contribution < 1.29 is 19.0 Å². The molecule has 5 nitrogen and oxygen atoms in total. The Morgan fingerprint density at radius 1 is 1.08 bits per heavy atom. The molecule has 0 aliphatic carbocycles. The molecule has 140 valence electrons. The fraction of sp³-hybridized carbons (Fsp3) is 0.381. The van der Waals surface area contributed by atoms with Gasteiger partial charge in [0, 0.05) is 5.56 Å². The second-order valence-corrected chi connectivity index (χ2v) is 6.12. The van der Waals surface area contributed by atoms with E-state index < -0.39 is 0 Å². The molecule has 0 heterocycles. The van der Waals surface area contributed by atoms with Crippen LogP contribution in [0.4, 0.5) is 0 Å². The van der Waals surface area contributed by atoms with Gasteiger partial charge in [-0.2, -0.15) is 0 Å². The molecule has 26 heavy (non-hydrogen) atoms. The Morgan fingerprint density at radius 2 is 1.77 bits per heavy atom. The van der Waals surface area contributed by atoms with Crippen molar-refractivity contribution in [2.24, 2.45) is 0 Å². The predicted octanol–water partition coefficient (Wildman–Crippen LogP) is 4.05. The summed E-state index contributed by atoms with van der Waals surface area (Å²) in [6.07, 6.45) is 0.907. The molecule has 1 atom stereocenters. The standard InChI is InChI=1S/C21H27NO4/c1-5-12-25-19-8-6-7-9-20(19)26-14-21(23)22-16(3)17-13-15(2)10-11-18(17)24-4/h6-11,13,16H,5,12,14H2,1-4H3,(H,22,23). The number of para-hydroxylation sites is 2. The van der Waals surface area contributed by atoms with Gasteiger partial charge >= 0.3 is 0 Å². The molecular weight excluding hydrogens is 330 g/mol. The molecule has 0 saturated heterocycles. The van der Waals surface area contributed by atoms with Gasteiger partial charge in [0.15, 0.2) is 18.1 Å². The summed E-state index contributed by atoms with van der Waals surface area (Å²) >= 11 is 0. The van der Waals surface area contributed by atoms with Crippen LogP contribution < -0.4 is 19.5 Å². The van der Waals surface area contributed by atoms with Crippen LogP contribution in [-0.2, 0) is 4.79 Å². The third kappa shape index (κ3) is 5.41. The van der Waals surface area contributed by atoms with Gasteiger partial charge in [-0.1, -0.05) is 36.8 Å². The summed E-state index contributed by atoms with van der Waals surface area (Å²) in [7, 11) is 1.62. The van der Waals surface area contributed by atoms with Crippen LogP contribution in [0.1, 0.15) is 37.4 Å². The van der Waals surface area contributed by atoms with Crippen LogP contribution in [0.3, 0.4) is 0 Å². The van der Waals surface area contributed by atoms with Crippen LogP contribution in [0.2, 0.25) is 0 Å². The summed E-state index contributed by atoms with van der Waals surface area (Å²) in [5.74, 6) is 1.77. The number of amides is 1. The minimum Gasteiger partial charge on any atom is -0.496 e. The van der Waals surface area contributed by atoms with E-state index in [1.807, 2.05) is 57.2 Å². The molecule has 2 aromatic carbocycles. The van der Waals surface area contributed by atoms with Gasteiger partial charge in [0.25, 0.3) is 5.91 Å². The van der Waals surface area contributed by atoms with Crippen molar-refractivity contribution in [3.63, 3.8) is 0 Å². The van der Waals surface area contributed by atoms with Crippen molar-refractivity contribution in [1.82, 2.24) is 5.32 Å². The molecule has 0 aromatic heterocycles. The number of hydrogen-bond donors (Lipinski definition) is 1. The molecule has 0 spiro atoms. The van der Waals surface area contributed by atoms with E-state index in [2.05, 4.69) is 5.32 Å². The average molecular weight is 357 g/mol. The van der Waals surface area contributed by atoms with Gasteiger partial charge in [0.2, 0.25) is 0 Å². The molecule has 0 aliphatic heterocycles. The summed E-state index contributed by atoms with van der Waals surface area (Å²) < 4.78 is 16.7. The lowest BCUT2D eigenvalue weighted by Gasteiger charge is -2.18. The maximum absolute atomic E-state index is 12.3. The average Bonchev–Trinajstić information content (AvgIpc) is 2.65. The van der Waals surface area contributed by atoms with Gasteiger partial charge in [-0.3, -0.25) is 4.79 Å². The number of nitrogens with one attached hydrogen (secondary N) is 1. The molecule has 1 unspecified atom stereocenters. The molecule has 0 fully saturated rings. The van der Waals surface area contributed by atoms with E-state index in [-0.39, 0.29) is 18.6 Å². The van der Waals surface area contributed by atoms with Gasteiger partial charge in [0.05, 0.1) is 19.8 Å². The maximum atomic E-state index is 12.3. The highest BCUT2D eigenvalue weighted by atomic mass is 16.5. The Hall–Kier alpha value is -2.69. The van der Waals surface area contributed by atoms with Crippen LogP contribution in [0.15, 0.2) is 42.5 Å². The second kappa shape index (κ2) is 9.70. The minimum absolute atomic E-state index is 0.0784. The minimum atomic E-state index is -0.202. The van der Waals surface area contributed by atoms with E-state index in [0.717, 1.165) is 23.3 Å². The molecule has 2 rings (SSSR count). The van der Waals surface area contributed by atoms with Crippen LogP contribution in [0.5, 0.6) is 17.2 Å². The summed E-state index contributed by atoms with van der Waals surface area (Å²) in [5, 5.41) is 2.95. The van der Waals surface area contributed by atoms with E-state index in [0.29, 0.717) is 18.1 Å². The lowest BCUT2D eigenvalue weighted by molar-refractivity contribution is -0.123. The van der Waals surface area contributed by atoms with Crippen LogP contribution in [0.25, 0.3) is 0 Å². The molecule has 2 aromatic rings. The third-order valence-corrected chi connectivity index (χ3v) is 3.90. The van der Waals surface area contributed by atoms with E-state index in [9.17, 15) is 4.79 Å². The zero-order valence-corrected chi connectivity index (χ0v) is 15.9. The van der Waals surface area contributed by atoms with Gasteiger partial charge in [0.1, 0.15) is 5.75 Å². The van der Waals surface area contributed by atoms with Crippen molar-refractivity contribution in [3.8, 4) is 17.2 Å². The summed E-state index contributed by atoms with van der Waals surface area (Å²) in [5.41, 5.74) is 2.05. The molecule has 1 amide bonds. The summed E-state index contributed by atoms with van der Waals surface area (Å²) in [6, 6.07) is 13.1. The molecule has 1 N–H and O–H groups in total. The van der Waals surface area contributed by atoms with Gasteiger partial charge < -0.3 is 19.5 Å². The molecule has 0 bridgehead atoms. The summed E-state index contributed by atoms with van der Waals surface area (Å²) in [6.45, 7) is 6.50. The van der Waals surface area contributed by atoms with Crippen molar-refractivity contribution in [3.05, 3.63) is 53.6 Å². The Balaban J connectivity index is 1.96. The Labute approximate surface area is 155 Å². The van der Waals surface area contributed by atoms with Crippen molar-refractivity contribution in [2.75, 3.05) is 20.3 Å². The number of methoxy groups -OCH3 is 1. The van der Waals surface area contributed by atoms with E-state index in [4.69, 9.17) is 14.2 Å². The Kier molecular flexibility index (Phi) is 7.33. The maximum Gasteiger partial charge on any atom is 0.258 e. The quantitative estimate of drug-likeness (QED) is 0.736. The smallest absolute Gasteiger partial charge is 0.258 e. The molecule has 0 aliphatic rings. The largest absolute Gasteiger partial charge is 0.496 e. The van der Waals surface area contributed by atoms with E-state index >= 15 is 0 Å². The number of aryl methyl sites for hydroxylation is 1. The number of rotatable bonds is 9. The van der Waals surface area contributed by atoms with Gasteiger partial charge in [-0.15, -0.1) is 0 Å². The normalized spacial score (nSPS) is 11.5. The number of ether oxygens (including phenoxy) is 3. The monoisotopic (exact) mass is 357 g/mol.